The summed E-state index contributed by atoms with van der Waals surface area (Å²) in [4.78, 5) is 28.2. The normalized spacial score (nSPS) is 18.6. The summed E-state index contributed by atoms with van der Waals surface area (Å²) in [5, 5.41) is 4.29. The van der Waals surface area contributed by atoms with Crippen molar-refractivity contribution in [3.8, 4) is 23.5 Å². The van der Waals surface area contributed by atoms with E-state index < -0.39 is 5.91 Å². The molecule has 0 saturated carbocycles. The van der Waals surface area contributed by atoms with E-state index in [1.165, 1.54) is 0 Å². The number of amides is 2. The van der Waals surface area contributed by atoms with Crippen molar-refractivity contribution in [2.75, 3.05) is 19.8 Å². The first-order chi connectivity index (χ1) is 15.9. The van der Waals surface area contributed by atoms with E-state index in [1.54, 1.807) is 18.3 Å². The topological polar surface area (TPSA) is 113 Å². The first-order valence-corrected chi connectivity index (χ1v) is 11.4. The van der Waals surface area contributed by atoms with Crippen LogP contribution in [0.15, 0.2) is 18.3 Å². The van der Waals surface area contributed by atoms with Gasteiger partial charge < -0.3 is 25.3 Å². The number of nitrogens with zero attached hydrogens (tertiary/aromatic N) is 1. The van der Waals surface area contributed by atoms with Crippen molar-refractivity contribution >= 4 is 22.6 Å². The number of aromatic nitrogens is 1. The minimum absolute atomic E-state index is 0.0267. The van der Waals surface area contributed by atoms with Gasteiger partial charge in [0, 0.05) is 42.5 Å². The zero-order valence-corrected chi connectivity index (χ0v) is 19.0. The van der Waals surface area contributed by atoms with Gasteiger partial charge in [-0.3, -0.25) is 9.59 Å². The summed E-state index contributed by atoms with van der Waals surface area (Å²) in [6, 6.07) is 3.39. The molecular formula is C25H29N3O5. The highest BCUT2D eigenvalue weighted by Gasteiger charge is 2.23. The van der Waals surface area contributed by atoms with Crippen molar-refractivity contribution in [1.29, 1.82) is 0 Å². The van der Waals surface area contributed by atoms with Crippen LogP contribution in [0.3, 0.4) is 0 Å². The van der Waals surface area contributed by atoms with Gasteiger partial charge in [0.15, 0.2) is 0 Å². The fraction of sp³-hybridized carbons (Fsp3) is 0.480. The van der Waals surface area contributed by atoms with Gasteiger partial charge in [-0.2, -0.15) is 0 Å². The number of nitrogens with one attached hydrogen (secondary N) is 1. The molecule has 8 heteroatoms. The summed E-state index contributed by atoms with van der Waals surface area (Å²) in [6.07, 6.45) is 4.52. The van der Waals surface area contributed by atoms with Crippen molar-refractivity contribution in [2.24, 2.45) is 11.7 Å². The largest absolute Gasteiger partial charge is 0.490 e. The lowest BCUT2D eigenvalue weighted by Gasteiger charge is -2.18. The quantitative estimate of drug-likeness (QED) is 0.653. The second-order valence-electron chi connectivity index (χ2n) is 8.67. The molecule has 2 aliphatic rings. The Kier molecular flexibility index (Phi) is 6.99. The number of pyridine rings is 1. The van der Waals surface area contributed by atoms with Crippen molar-refractivity contribution in [3.05, 3.63) is 29.5 Å². The number of ether oxygens (including phenoxy) is 3. The van der Waals surface area contributed by atoms with Gasteiger partial charge in [-0.25, -0.2) is 4.98 Å². The maximum atomic E-state index is 12.2. The van der Waals surface area contributed by atoms with E-state index in [4.69, 9.17) is 19.9 Å². The molecule has 1 aromatic heterocycles. The Morgan fingerprint density at radius 3 is 2.73 bits per heavy atom. The molecule has 8 nitrogen and oxygen atoms in total. The monoisotopic (exact) mass is 451 g/mol. The fourth-order valence-corrected chi connectivity index (χ4v) is 4.00. The van der Waals surface area contributed by atoms with E-state index in [0.717, 1.165) is 24.6 Å². The van der Waals surface area contributed by atoms with Crippen LogP contribution in [0.2, 0.25) is 0 Å². The van der Waals surface area contributed by atoms with Gasteiger partial charge in [-0.05, 0) is 45.2 Å². The molecule has 1 unspecified atom stereocenters. The number of carbonyl (C=O) groups excluding carboxylic acids is 2. The predicted molar refractivity (Wildman–Crippen MR) is 123 cm³/mol. The Bertz CT molecular complexity index is 1110. The second-order valence-corrected chi connectivity index (χ2v) is 8.67. The fourth-order valence-electron chi connectivity index (χ4n) is 4.00. The Morgan fingerprint density at radius 1 is 1.27 bits per heavy atom. The Hall–Kier alpha value is -3.31. The van der Waals surface area contributed by atoms with Crippen LogP contribution in [0, 0.1) is 17.8 Å². The summed E-state index contributed by atoms with van der Waals surface area (Å²) < 4.78 is 17.3. The molecule has 2 amide bonds. The summed E-state index contributed by atoms with van der Waals surface area (Å²) in [5.74, 6) is 7.04. The molecule has 0 bridgehead atoms. The van der Waals surface area contributed by atoms with Crippen LogP contribution in [0.25, 0.3) is 10.8 Å². The van der Waals surface area contributed by atoms with Crippen molar-refractivity contribution in [2.45, 2.75) is 51.7 Å². The van der Waals surface area contributed by atoms with E-state index in [9.17, 15) is 9.59 Å². The van der Waals surface area contributed by atoms with Crippen LogP contribution in [-0.4, -0.2) is 48.8 Å². The molecule has 4 rings (SSSR count). The Balaban J connectivity index is 1.74. The number of nitrogens with two attached hydrogens (primary N) is 1. The van der Waals surface area contributed by atoms with Gasteiger partial charge >= 0.3 is 0 Å². The predicted octanol–water partition coefficient (Wildman–Crippen LogP) is 2.56. The third kappa shape index (κ3) is 5.55. The van der Waals surface area contributed by atoms with Crippen LogP contribution >= 0.6 is 0 Å². The van der Waals surface area contributed by atoms with Crippen molar-refractivity contribution in [3.63, 3.8) is 0 Å². The number of carbonyl (C=O) groups is 2. The molecule has 1 aromatic carbocycles. The SMILES string of the molecule is CC(C)Oc1cc2c(OCC3CCC(=O)N3)ncc(C#CC3CCOCC3)c2cc1C(N)=O. The van der Waals surface area contributed by atoms with E-state index >= 15 is 0 Å². The maximum Gasteiger partial charge on any atom is 0.252 e. The average Bonchev–Trinajstić information content (AvgIpc) is 3.21. The minimum Gasteiger partial charge on any atom is -0.490 e. The molecule has 3 N–H and O–H groups in total. The lowest BCUT2D eigenvalue weighted by atomic mass is 9.99. The van der Waals surface area contributed by atoms with Crippen molar-refractivity contribution in [1.82, 2.24) is 10.3 Å². The lowest BCUT2D eigenvalue weighted by Crippen LogP contribution is -2.31. The molecule has 2 saturated heterocycles. The van der Waals surface area contributed by atoms with Crippen LogP contribution in [-0.2, 0) is 9.53 Å². The highest BCUT2D eigenvalue weighted by atomic mass is 16.5. The average molecular weight is 452 g/mol. The summed E-state index contributed by atoms with van der Waals surface area (Å²) in [5.41, 5.74) is 6.63. The summed E-state index contributed by atoms with van der Waals surface area (Å²) >= 11 is 0. The third-order valence-corrected chi connectivity index (χ3v) is 5.72. The van der Waals surface area contributed by atoms with Gasteiger partial charge in [-0.1, -0.05) is 11.8 Å². The molecule has 2 aromatic rings. The molecule has 33 heavy (non-hydrogen) atoms. The first-order valence-electron chi connectivity index (χ1n) is 11.4. The standard InChI is InChI=1S/C25H29N3O5/c1-15(2)33-22-12-20-19(11-21(22)24(26)30)17(4-3-16-7-9-31-10-8-16)13-27-25(20)32-14-18-5-6-23(29)28-18/h11-13,15-16,18H,5-10,14H2,1-2H3,(H2,26,30)(H,28,29). The van der Waals surface area contributed by atoms with Crippen molar-refractivity contribution < 1.29 is 23.8 Å². The molecule has 174 valence electrons. The lowest BCUT2D eigenvalue weighted by molar-refractivity contribution is -0.119. The minimum atomic E-state index is -0.580. The van der Waals surface area contributed by atoms with Gasteiger partial charge in [0.05, 0.1) is 23.3 Å². The number of benzene rings is 1. The van der Waals surface area contributed by atoms with E-state index in [-0.39, 0.29) is 29.5 Å². The van der Waals surface area contributed by atoms with Crippen LogP contribution in [0.5, 0.6) is 11.6 Å². The summed E-state index contributed by atoms with van der Waals surface area (Å²) in [6.45, 7) is 5.49. The number of hydrogen-bond acceptors (Lipinski definition) is 6. The van der Waals surface area contributed by atoms with Crippen LogP contribution in [0.1, 0.15) is 55.5 Å². The van der Waals surface area contributed by atoms with Crippen LogP contribution in [0.4, 0.5) is 0 Å². The molecule has 1 atom stereocenters. The van der Waals surface area contributed by atoms with E-state index in [2.05, 4.69) is 22.1 Å². The van der Waals surface area contributed by atoms with Gasteiger partial charge in [-0.15, -0.1) is 0 Å². The Morgan fingerprint density at radius 2 is 2.06 bits per heavy atom. The number of primary amides is 1. The smallest absolute Gasteiger partial charge is 0.252 e. The van der Waals surface area contributed by atoms with E-state index in [0.29, 0.717) is 48.8 Å². The zero-order chi connectivity index (χ0) is 23.4. The molecule has 0 spiro atoms. The molecule has 0 radical (unpaired) electrons. The molecule has 2 fully saturated rings. The van der Waals surface area contributed by atoms with Gasteiger partial charge in [0.1, 0.15) is 12.4 Å². The van der Waals surface area contributed by atoms with Gasteiger partial charge in [0.25, 0.3) is 5.91 Å². The highest BCUT2D eigenvalue weighted by molar-refractivity contribution is 6.03. The maximum absolute atomic E-state index is 12.2. The Labute approximate surface area is 193 Å². The molecule has 0 aliphatic carbocycles. The number of hydrogen-bond donors (Lipinski definition) is 2. The molecular weight excluding hydrogens is 422 g/mol. The van der Waals surface area contributed by atoms with Crippen LogP contribution < -0.4 is 20.5 Å². The number of rotatable bonds is 6. The highest BCUT2D eigenvalue weighted by Crippen LogP contribution is 2.33. The van der Waals surface area contributed by atoms with E-state index in [1.807, 2.05) is 13.8 Å². The molecule has 2 aliphatic heterocycles. The van der Waals surface area contributed by atoms with Gasteiger partial charge in [0.2, 0.25) is 11.8 Å². The zero-order valence-electron chi connectivity index (χ0n) is 19.0. The first kappa shape index (κ1) is 22.9. The summed E-state index contributed by atoms with van der Waals surface area (Å²) in [7, 11) is 0. The number of fused-ring (bicyclic) bond motifs is 1. The molecule has 3 heterocycles. The second kappa shape index (κ2) is 10.1. The third-order valence-electron chi connectivity index (χ3n) is 5.72.